The molecular weight excluding hydrogens is 378 g/mol. The van der Waals surface area contributed by atoms with Gasteiger partial charge in [0.05, 0.1) is 18.8 Å². The van der Waals surface area contributed by atoms with Crippen LogP contribution < -0.4 is 16.0 Å². The molecule has 3 rings (SSSR count). The Morgan fingerprint density at radius 1 is 1.13 bits per heavy atom. The number of anilines is 1. The minimum Gasteiger partial charge on any atom is -0.444 e. The number of carbonyl (C=O) groups excluding carboxylic acids is 1. The van der Waals surface area contributed by atoms with Crippen molar-refractivity contribution in [1.82, 2.24) is 15.6 Å². The van der Waals surface area contributed by atoms with E-state index in [0.717, 1.165) is 23.4 Å². The first kappa shape index (κ1) is 21.1. The van der Waals surface area contributed by atoms with Gasteiger partial charge in [0.15, 0.2) is 5.96 Å². The van der Waals surface area contributed by atoms with Crippen LogP contribution in [0.15, 0.2) is 64.2 Å². The number of benzene rings is 2. The van der Waals surface area contributed by atoms with Crippen molar-refractivity contribution in [2.24, 2.45) is 4.99 Å². The number of nitrogens with zero attached hydrogens (tertiary/aromatic N) is 2. The van der Waals surface area contributed by atoms with Crippen LogP contribution in [0.3, 0.4) is 0 Å². The van der Waals surface area contributed by atoms with Crippen LogP contribution >= 0.6 is 0 Å². The molecule has 2 aromatic carbocycles. The number of hydrogen-bond donors (Lipinski definition) is 3. The van der Waals surface area contributed by atoms with Gasteiger partial charge in [-0.3, -0.25) is 9.79 Å². The largest absolute Gasteiger partial charge is 0.444 e. The Labute approximate surface area is 176 Å². The Morgan fingerprint density at radius 3 is 2.67 bits per heavy atom. The predicted octanol–water partition coefficient (Wildman–Crippen LogP) is 3.52. The Hall–Kier alpha value is -3.61. The Bertz CT molecular complexity index is 1010. The first-order valence-corrected chi connectivity index (χ1v) is 9.92. The number of nitrogens with one attached hydrogen (secondary N) is 3. The van der Waals surface area contributed by atoms with Crippen molar-refractivity contribution >= 4 is 17.6 Å². The molecule has 3 N–H and O–H groups in total. The lowest BCUT2D eigenvalue weighted by atomic mass is 10.1. The second-order valence-electron chi connectivity index (χ2n) is 6.89. The maximum atomic E-state index is 12.2. The average molecular weight is 406 g/mol. The number of guanidine groups is 1. The van der Waals surface area contributed by atoms with Gasteiger partial charge in [0, 0.05) is 18.3 Å². The van der Waals surface area contributed by atoms with Gasteiger partial charge in [0.25, 0.3) is 0 Å². The summed E-state index contributed by atoms with van der Waals surface area (Å²) < 4.78 is 5.56. The molecule has 0 saturated carbocycles. The fourth-order valence-corrected chi connectivity index (χ4v) is 2.85. The standard InChI is InChI=1S/C23H27N5O2/c1-4-17-6-5-7-19(12-17)27-21(29)14-26-23(24-3)25-13-20-15-30-22(28-20)18-10-8-16(2)9-11-18/h5-12,15H,4,13-14H2,1-3H3,(H,27,29)(H2,24,25,26). The van der Waals surface area contributed by atoms with Crippen LogP contribution in [0.2, 0.25) is 0 Å². The Balaban J connectivity index is 1.48. The summed E-state index contributed by atoms with van der Waals surface area (Å²) in [5, 5.41) is 9.02. The lowest BCUT2D eigenvalue weighted by Crippen LogP contribution is -2.41. The monoisotopic (exact) mass is 405 g/mol. The molecule has 0 aliphatic heterocycles. The molecule has 0 unspecified atom stereocenters. The summed E-state index contributed by atoms with van der Waals surface area (Å²) in [4.78, 5) is 20.8. The first-order valence-electron chi connectivity index (χ1n) is 9.92. The van der Waals surface area contributed by atoms with Crippen LogP contribution in [0.4, 0.5) is 5.69 Å². The van der Waals surface area contributed by atoms with E-state index in [-0.39, 0.29) is 12.5 Å². The van der Waals surface area contributed by atoms with E-state index < -0.39 is 0 Å². The summed E-state index contributed by atoms with van der Waals surface area (Å²) in [7, 11) is 1.65. The molecule has 1 amide bonds. The number of aryl methyl sites for hydroxylation is 2. The van der Waals surface area contributed by atoms with E-state index in [9.17, 15) is 4.79 Å². The first-order chi connectivity index (χ1) is 14.6. The second-order valence-corrected chi connectivity index (χ2v) is 6.89. The van der Waals surface area contributed by atoms with E-state index in [4.69, 9.17) is 4.42 Å². The van der Waals surface area contributed by atoms with E-state index >= 15 is 0 Å². The fraction of sp³-hybridized carbons (Fsp3) is 0.261. The number of oxazole rings is 1. The van der Waals surface area contributed by atoms with Crippen molar-refractivity contribution < 1.29 is 9.21 Å². The molecule has 0 bridgehead atoms. The zero-order valence-corrected chi connectivity index (χ0v) is 17.5. The highest BCUT2D eigenvalue weighted by Gasteiger charge is 2.08. The van der Waals surface area contributed by atoms with Gasteiger partial charge in [-0.2, -0.15) is 0 Å². The Morgan fingerprint density at radius 2 is 1.93 bits per heavy atom. The van der Waals surface area contributed by atoms with Gasteiger partial charge in [-0.15, -0.1) is 0 Å². The van der Waals surface area contributed by atoms with Crippen molar-refractivity contribution in [2.75, 3.05) is 18.9 Å². The maximum Gasteiger partial charge on any atom is 0.243 e. The quantitative estimate of drug-likeness (QED) is 0.413. The number of carbonyl (C=O) groups is 1. The minimum atomic E-state index is -0.144. The molecule has 7 nitrogen and oxygen atoms in total. The fourth-order valence-electron chi connectivity index (χ4n) is 2.85. The van der Waals surface area contributed by atoms with Gasteiger partial charge >= 0.3 is 0 Å². The molecule has 0 radical (unpaired) electrons. The van der Waals surface area contributed by atoms with Crippen LogP contribution in [0.25, 0.3) is 11.5 Å². The smallest absolute Gasteiger partial charge is 0.243 e. The van der Waals surface area contributed by atoms with Gasteiger partial charge in [-0.25, -0.2) is 4.98 Å². The Kier molecular flexibility index (Phi) is 7.21. The van der Waals surface area contributed by atoms with Crippen molar-refractivity contribution in [3.05, 3.63) is 71.6 Å². The number of aromatic nitrogens is 1. The summed E-state index contributed by atoms with van der Waals surface area (Å²) in [6.07, 6.45) is 2.54. The van der Waals surface area contributed by atoms with Crippen molar-refractivity contribution in [2.45, 2.75) is 26.8 Å². The molecule has 7 heteroatoms. The molecule has 0 fully saturated rings. The second kappa shape index (κ2) is 10.2. The van der Waals surface area contributed by atoms with E-state index in [0.29, 0.717) is 18.4 Å². The maximum absolute atomic E-state index is 12.2. The van der Waals surface area contributed by atoms with Gasteiger partial charge in [0.1, 0.15) is 6.26 Å². The third kappa shape index (κ3) is 5.94. The summed E-state index contributed by atoms with van der Waals surface area (Å²) in [6.45, 7) is 4.64. The molecule has 0 aliphatic rings. The normalized spacial score (nSPS) is 11.2. The van der Waals surface area contributed by atoms with Gasteiger partial charge in [-0.05, 0) is 43.2 Å². The summed E-state index contributed by atoms with van der Waals surface area (Å²) in [5.41, 5.74) is 4.82. The summed E-state index contributed by atoms with van der Waals surface area (Å²) >= 11 is 0. The third-order valence-electron chi connectivity index (χ3n) is 4.55. The third-order valence-corrected chi connectivity index (χ3v) is 4.55. The van der Waals surface area contributed by atoms with Crippen molar-refractivity contribution in [3.8, 4) is 11.5 Å². The highest BCUT2D eigenvalue weighted by atomic mass is 16.3. The van der Waals surface area contributed by atoms with E-state index in [1.54, 1.807) is 13.3 Å². The molecule has 0 aliphatic carbocycles. The van der Waals surface area contributed by atoms with Crippen molar-refractivity contribution in [1.29, 1.82) is 0 Å². The van der Waals surface area contributed by atoms with Crippen LogP contribution in [0.1, 0.15) is 23.7 Å². The van der Waals surface area contributed by atoms with Gasteiger partial charge < -0.3 is 20.4 Å². The van der Waals surface area contributed by atoms with Gasteiger partial charge in [-0.1, -0.05) is 36.8 Å². The molecule has 1 aromatic heterocycles. The van der Waals surface area contributed by atoms with Crippen LogP contribution in [0.5, 0.6) is 0 Å². The minimum absolute atomic E-state index is 0.101. The summed E-state index contributed by atoms with van der Waals surface area (Å²) in [6, 6.07) is 15.8. The molecular formula is C23H27N5O2. The molecule has 30 heavy (non-hydrogen) atoms. The van der Waals surface area contributed by atoms with Crippen molar-refractivity contribution in [3.63, 3.8) is 0 Å². The molecule has 0 atom stereocenters. The molecule has 0 saturated heterocycles. The topological polar surface area (TPSA) is 91.5 Å². The van der Waals surface area contributed by atoms with E-state index in [1.807, 2.05) is 55.5 Å². The van der Waals surface area contributed by atoms with Crippen LogP contribution in [-0.4, -0.2) is 30.4 Å². The SMILES string of the molecule is CCc1cccc(NC(=O)CNC(=NC)NCc2coc(-c3ccc(C)cc3)n2)c1. The van der Waals surface area contributed by atoms with Crippen LogP contribution in [0, 0.1) is 6.92 Å². The highest BCUT2D eigenvalue weighted by Crippen LogP contribution is 2.19. The van der Waals surface area contributed by atoms with Gasteiger partial charge in [0.2, 0.25) is 11.8 Å². The van der Waals surface area contributed by atoms with Crippen LogP contribution in [-0.2, 0) is 17.8 Å². The zero-order valence-electron chi connectivity index (χ0n) is 17.5. The lowest BCUT2D eigenvalue weighted by molar-refractivity contribution is -0.115. The molecule has 3 aromatic rings. The number of aliphatic imine (C=N–C) groups is 1. The zero-order chi connectivity index (χ0) is 21.3. The molecule has 1 heterocycles. The lowest BCUT2D eigenvalue weighted by Gasteiger charge is -2.11. The molecule has 0 spiro atoms. The van der Waals surface area contributed by atoms with E-state index in [2.05, 4.69) is 32.9 Å². The predicted molar refractivity (Wildman–Crippen MR) is 119 cm³/mol. The number of amides is 1. The average Bonchev–Trinajstić information content (AvgIpc) is 3.23. The molecule has 156 valence electrons. The summed E-state index contributed by atoms with van der Waals surface area (Å²) in [5.74, 6) is 0.935. The number of hydrogen-bond acceptors (Lipinski definition) is 4. The van der Waals surface area contributed by atoms with E-state index in [1.165, 1.54) is 11.1 Å². The highest BCUT2D eigenvalue weighted by molar-refractivity contribution is 5.95. The number of rotatable bonds is 7.